The van der Waals surface area contributed by atoms with Gasteiger partial charge in [0.05, 0.1) is 18.8 Å². The Kier molecular flexibility index (Phi) is 4.09. The first-order valence-electron chi connectivity index (χ1n) is 7.14. The van der Waals surface area contributed by atoms with Crippen LogP contribution in [0.2, 0.25) is 0 Å². The first kappa shape index (κ1) is 14.2. The van der Waals surface area contributed by atoms with Crippen LogP contribution in [0.25, 0.3) is 0 Å². The van der Waals surface area contributed by atoms with Crippen molar-refractivity contribution in [2.24, 2.45) is 0 Å². The van der Waals surface area contributed by atoms with Crippen LogP contribution in [0.3, 0.4) is 0 Å². The molecule has 1 aliphatic rings. The Hall–Kier alpha value is -2.76. The van der Waals surface area contributed by atoms with Crippen molar-refractivity contribution >= 4 is 17.6 Å². The predicted octanol–water partition coefficient (Wildman–Crippen LogP) is 1.88. The van der Waals surface area contributed by atoms with Gasteiger partial charge in [-0.3, -0.25) is 4.79 Å². The van der Waals surface area contributed by atoms with E-state index in [0.29, 0.717) is 25.3 Å². The van der Waals surface area contributed by atoms with Crippen LogP contribution in [0.15, 0.2) is 53.1 Å². The van der Waals surface area contributed by atoms with Gasteiger partial charge in [0.1, 0.15) is 5.76 Å². The van der Waals surface area contributed by atoms with Crippen molar-refractivity contribution in [3.05, 3.63) is 54.5 Å². The number of nitrogens with one attached hydrogen (secondary N) is 2. The van der Waals surface area contributed by atoms with Crippen LogP contribution in [0.5, 0.6) is 0 Å². The lowest BCUT2D eigenvalue weighted by molar-refractivity contribution is -0.117. The second kappa shape index (κ2) is 6.34. The van der Waals surface area contributed by atoms with Crippen molar-refractivity contribution in [1.82, 2.24) is 10.6 Å². The van der Waals surface area contributed by atoms with E-state index in [-0.39, 0.29) is 18.0 Å². The van der Waals surface area contributed by atoms with Crippen molar-refractivity contribution in [3.8, 4) is 0 Å². The normalized spacial score (nSPS) is 17.5. The summed E-state index contributed by atoms with van der Waals surface area (Å²) in [6.07, 6.45) is 1.87. The fourth-order valence-corrected chi connectivity index (χ4v) is 2.48. The van der Waals surface area contributed by atoms with E-state index in [1.165, 1.54) is 0 Å². The topological polar surface area (TPSA) is 74.6 Å². The number of rotatable bonds is 4. The highest BCUT2D eigenvalue weighted by Gasteiger charge is 2.31. The molecule has 2 N–H and O–H groups in total. The highest BCUT2D eigenvalue weighted by atomic mass is 16.3. The molecule has 1 aromatic carbocycles. The van der Waals surface area contributed by atoms with E-state index in [1.807, 2.05) is 30.3 Å². The second-order valence-corrected chi connectivity index (χ2v) is 5.15. The highest BCUT2D eigenvalue weighted by molar-refractivity contribution is 5.96. The second-order valence-electron chi connectivity index (χ2n) is 5.15. The average Bonchev–Trinajstić information content (AvgIpc) is 3.16. The summed E-state index contributed by atoms with van der Waals surface area (Å²) in [4.78, 5) is 25.6. The molecule has 2 heterocycles. The number of carbonyl (C=O) groups excluding carboxylic acids is 2. The first-order valence-corrected chi connectivity index (χ1v) is 7.14. The van der Waals surface area contributed by atoms with Gasteiger partial charge in [0.2, 0.25) is 5.91 Å². The molecule has 114 valence electrons. The summed E-state index contributed by atoms with van der Waals surface area (Å²) >= 11 is 0. The summed E-state index contributed by atoms with van der Waals surface area (Å²) in [6, 6.07) is 12.5. The number of para-hydroxylation sites is 1. The number of furan rings is 1. The van der Waals surface area contributed by atoms with E-state index in [2.05, 4.69) is 10.6 Å². The number of hydrogen-bond donors (Lipinski definition) is 2. The van der Waals surface area contributed by atoms with Gasteiger partial charge in [0.15, 0.2) is 0 Å². The third-order valence-corrected chi connectivity index (χ3v) is 3.53. The van der Waals surface area contributed by atoms with Gasteiger partial charge in [0.25, 0.3) is 0 Å². The average molecular weight is 299 g/mol. The zero-order valence-electron chi connectivity index (χ0n) is 12.0. The number of urea groups is 1. The quantitative estimate of drug-likeness (QED) is 0.905. The molecule has 0 aliphatic carbocycles. The van der Waals surface area contributed by atoms with Gasteiger partial charge in [-0.15, -0.1) is 0 Å². The Balaban J connectivity index is 1.51. The Morgan fingerprint density at radius 3 is 2.77 bits per heavy atom. The smallest absolute Gasteiger partial charge is 0.315 e. The Morgan fingerprint density at radius 1 is 1.23 bits per heavy atom. The molecule has 0 bridgehead atoms. The van der Waals surface area contributed by atoms with Gasteiger partial charge >= 0.3 is 6.03 Å². The first-order chi connectivity index (χ1) is 10.7. The lowest BCUT2D eigenvalue weighted by Crippen LogP contribution is -2.43. The molecule has 6 heteroatoms. The molecule has 0 saturated carbocycles. The molecule has 0 radical (unpaired) electrons. The van der Waals surface area contributed by atoms with Gasteiger partial charge in [-0.05, 0) is 24.3 Å². The number of nitrogens with zero attached hydrogens (tertiary/aromatic N) is 1. The van der Waals surface area contributed by atoms with Gasteiger partial charge in [-0.25, -0.2) is 4.79 Å². The number of carbonyl (C=O) groups is 2. The summed E-state index contributed by atoms with van der Waals surface area (Å²) in [6.45, 7) is 0.804. The molecule has 0 spiro atoms. The molecule has 0 unspecified atom stereocenters. The van der Waals surface area contributed by atoms with Crippen molar-refractivity contribution in [2.45, 2.75) is 19.0 Å². The molecule has 1 aromatic heterocycles. The number of benzene rings is 1. The van der Waals surface area contributed by atoms with E-state index in [4.69, 9.17) is 4.42 Å². The zero-order chi connectivity index (χ0) is 15.4. The monoisotopic (exact) mass is 299 g/mol. The van der Waals surface area contributed by atoms with Crippen LogP contribution in [-0.4, -0.2) is 24.5 Å². The SMILES string of the molecule is O=C(NCc1ccco1)N[C@@H]1CC(=O)N(c2ccccc2)C1. The van der Waals surface area contributed by atoms with E-state index < -0.39 is 0 Å². The van der Waals surface area contributed by atoms with Gasteiger partial charge in [-0.2, -0.15) is 0 Å². The van der Waals surface area contributed by atoms with Gasteiger partial charge < -0.3 is 20.0 Å². The molecule has 6 nitrogen and oxygen atoms in total. The molecular formula is C16H17N3O3. The zero-order valence-corrected chi connectivity index (χ0v) is 12.0. The molecule has 1 aliphatic heterocycles. The standard InChI is InChI=1S/C16H17N3O3/c20-15-9-12(11-19(15)13-5-2-1-3-6-13)18-16(21)17-10-14-7-4-8-22-14/h1-8,12H,9-11H2,(H2,17,18,21)/t12-/m1/s1. The lowest BCUT2D eigenvalue weighted by atomic mass is 10.2. The molecule has 1 atom stereocenters. The third-order valence-electron chi connectivity index (χ3n) is 3.53. The van der Waals surface area contributed by atoms with Crippen LogP contribution < -0.4 is 15.5 Å². The largest absolute Gasteiger partial charge is 0.467 e. The minimum Gasteiger partial charge on any atom is -0.467 e. The van der Waals surface area contributed by atoms with Gasteiger partial charge in [0, 0.05) is 18.7 Å². The van der Waals surface area contributed by atoms with Crippen LogP contribution in [0.1, 0.15) is 12.2 Å². The Labute approximate surface area is 128 Å². The fourth-order valence-electron chi connectivity index (χ4n) is 2.48. The van der Waals surface area contributed by atoms with E-state index >= 15 is 0 Å². The summed E-state index contributed by atoms with van der Waals surface area (Å²) < 4.78 is 5.14. The van der Waals surface area contributed by atoms with Crippen LogP contribution >= 0.6 is 0 Å². The molecule has 1 fully saturated rings. The predicted molar refractivity (Wildman–Crippen MR) is 81.3 cm³/mol. The van der Waals surface area contributed by atoms with Crippen LogP contribution in [0, 0.1) is 0 Å². The molecule has 3 rings (SSSR count). The maximum absolute atomic E-state index is 12.1. The minimum atomic E-state index is -0.302. The summed E-state index contributed by atoms with van der Waals surface area (Å²) in [5, 5.41) is 5.53. The van der Waals surface area contributed by atoms with E-state index in [1.54, 1.807) is 23.3 Å². The van der Waals surface area contributed by atoms with Crippen molar-refractivity contribution in [3.63, 3.8) is 0 Å². The summed E-state index contributed by atoms with van der Waals surface area (Å²) in [5.41, 5.74) is 0.854. The van der Waals surface area contributed by atoms with Crippen molar-refractivity contribution in [1.29, 1.82) is 0 Å². The number of amides is 3. The summed E-state index contributed by atoms with van der Waals surface area (Å²) in [7, 11) is 0. The Morgan fingerprint density at radius 2 is 2.05 bits per heavy atom. The maximum atomic E-state index is 12.1. The van der Waals surface area contributed by atoms with Gasteiger partial charge in [-0.1, -0.05) is 18.2 Å². The Bertz CT molecular complexity index is 640. The van der Waals surface area contributed by atoms with Crippen LogP contribution in [0.4, 0.5) is 10.5 Å². The third kappa shape index (κ3) is 3.28. The summed E-state index contributed by atoms with van der Waals surface area (Å²) in [5.74, 6) is 0.700. The molecule has 1 saturated heterocycles. The van der Waals surface area contributed by atoms with Crippen molar-refractivity contribution < 1.29 is 14.0 Å². The molecule has 3 amide bonds. The number of hydrogen-bond acceptors (Lipinski definition) is 3. The number of anilines is 1. The maximum Gasteiger partial charge on any atom is 0.315 e. The van der Waals surface area contributed by atoms with E-state index in [0.717, 1.165) is 5.69 Å². The molecule has 2 aromatic rings. The van der Waals surface area contributed by atoms with E-state index in [9.17, 15) is 9.59 Å². The molecular weight excluding hydrogens is 282 g/mol. The molecule has 22 heavy (non-hydrogen) atoms. The fraction of sp³-hybridized carbons (Fsp3) is 0.250. The highest BCUT2D eigenvalue weighted by Crippen LogP contribution is 2.20. The van der Waals surface area contributed by atoms with Crippen LogP contribution in [-0.2, 0) is 11.3 Å². The minimum absolute atomic E-state index is 0.0162. The van der Waals surface area contributed by atoms with Crippen molar-refractivity contribution in [2.75, 3.05) is 11.4 Å². The lowest BCUT2D eigenvalue weighted by Gasteiger charge is -2.17.